The molecule has 3 aliphatic rings. The van der Waals surface area contributed by atoms with E-state index in [1.807, 2.05) is 7.05 Å². The van der Waals surface area contributed by atoms with E-state index in [0.29, 0.717) is 10.8 Å². The minimum absolute atomic E-state index is 0.410. The summed E-state index contributed by atoms with van der Waals surface area (Å²) in [5.41, 5.74) is 0.928. The van der Waals surface area contributed by atoms with E-state index in [-0.39, 0.29) is 0 Å². The number of nitrogens with zero attached hydrogens (tertiary/aromatic N) is 2. The van der Waals surface area contributed by atoms with Crippen LogP contribution in [0.15, 0.2) is 4.99 Å². The van der Waals surface area contributed by atoms with Gasteiger partial charge in [-0.2, -0.15) is 0 Å². The molecule has 1 N–H and O–H groups in total. The molecular weight excluding hydrogens is 262 g/mol. The smallest absolute Gasteiger partial charge is 0.193 e. The molecule has 0 aromatic rings. The van der Waals surface area contributed by atoms with E-state index >= 15 is 0 Å². The SMILES string of the molecule is CCC1(CNC(=NC)N2CCC3(CCOC3)C2)CCCC1. The number of hydrogen-bond acceptors (Lipinski definition) is 2. The predicted octanol–water partition coefficient (Wildman–Crippen LogP) is 2.64. The van der Waals surface area contributed by atoms with Gasteiger partial charge in [-0.3, -0.25) is 4.99 Å². The van der Waals surface area contributed by atoms with Crippen molar-refractivity contribution in [2.24, 2.45) is 15.8 Å². The molecule has 2 heterocycles. The standard InChI is InChI=1S/C17H31N3O/c1-3-16(6-4-5-7-16)12-19-15(18-2)20-10-8-17(13-20)9-11-21-14-17/h3-14H2,1-2H3,(H,18,19). The maximum Gasteiger partial charge on any atom is 0.193 e. The first-order valence-corrected chi connectivity index (χ1v) is 8.74. The highest BCUT2D eigenvalue weighted by molar-refractivity contribution is 5.80. The van der Waals surface area contributed by atoms with E-state index in [2.05, 4.69) is 22.1 Å². The molecule has 2 saturated heterocycles. The average molecular weight is 293 g/mol. The number of guanidine groups is 1. The Hall–Kier alpha value is -0.770. The number of rotatable bonds is 3. The quantitative estimate of drug-likeness (QED) is 0.642. The number of ether oxygens (including phenoxy) is 1. The summed E-state index contributed by atoms with van der Waals surface area (Å²) in [7, 11) is 1.92. The normalized spacial score (nSPS) is 32.3. The third-order valence-corrected chi connectivity index (χ3v) is 6.17. The molecule has 2 aliphatic heterocycles. The molecule has 0 amide bonds. The van der Waals surface area contributed by atoms with Gasteiger partial charge in [-0.25, -0.2) is 0 Å². The van der Waals surface area contributed by atoms with Gasteiger partial charge in [-0.05, 0) is 37.5 Å². The number of aliphatic imine (C=N–C) groups is 1. The Morgan fingerprint density at radius 3 is 2.67 bits per heavy atom. The van der Waals surface area contributed by atoms with Crippen LogP contribution in [-0.4, -0.2) is 50.8 Å². The van der Waals surface area contributed by atoms with E-state index in [1.54, 1.807) is 0 Å². The van der Waals surface area contributed by atoms with Gasteiger partial charge in [0.1, 0.15) is 0 Å². The molecule has 1 aliphatic carbocycles. The lowest BCUT2D eigenvalue weighted by Gasteiger charge is -2.31. The highest BCUT2D eigenvalue weighted by Crippen LogP contribution is 2.41. The van der Waals surface area contributed by atoms with E-state index < -0.39 is 0 Å². The summed E-state index contributed by atoms with van der Waals surface area (Å²) in [6.07, 6.45) is 9.33. The molecule has 1 unspecified atom stereocenters. The minimum atomic E-state index is 0.410. The fraction of sp³-hybridized carbons (Fsp3) is 0.941. The maximum atomic E-state index is 5.63. The van der Waals surface area contributed by atoms with Gasteiger partial charge < -0.3 is 15.0 Å². The van der Waals surface area contributed by atoms with Crippen LogP contribution in [0.2, 0.25) is 0 Å². The largest absolute Gasteiger partial charge is 0.381 e. The highest BCUT2D eigenvalue weighted by atomic mass is 16.5. The second kappa shape index (κ2) is 6.15. The second-order valence-electron chi connectivity index (χ2n) is 7.44. The second-order valence-corrected chi connectivity index (χ2v) is 7.44. The van der Waals surface area contributed by atoms with Crippen LogP contribution in [0, 0.1) is 10.8 Å². The molecular formula is C17H31N3O. The molecule has 1 saturated carbocycles. The van der Waals surface area contributed by atoms with Crippen molar-refractivity contribution in [3.8, 4) is 0 Å². The van der Waals surface area contributed by atoms with Crippen LogP contribution in [0.5, 0.6) is 0 Å². The van der Waals surface area contributed by atoms with Crippen LogP contribution in [-0.2, 0) is 4.74 Å². The molecule has 0 aromatic heterocycles. The molecule has 4 heteroatoms. The molecule has 0 radical (unpaired) electrons. The first-order chi connectivity index (χ1) is 10.2. The lowest BCUT2D eigenvalue weighted by molar-refractivity contribution is 0.156. The lowest BCUT2D eigenvalue weighted by atomic mass is 9.83. The average Bonchev–Trinajstić information content (AvgIpc) is 3.24. The fourth-order valence-electron chi connectivity index (χ4n) is 4.47. The molecule has 0 bridgehead atoms. The van der Waals surface area contributed by atoms with Crippen molar-refractivity contribution in [1.82, 2.24) is 10.2 Å². The van der Waals surface area contributed by atoms with Gasteiger partial charge in [0.15, 0.2) is 5.96 Å². The zero-order valence-electron chi connectivity index (χ0n) is 13.8. The Kier molecular flexibility index (Phi) is 4.43. The summed E-state index contributed by atoms with van der Waals surface area (Å²) in [5, 5.41) is 3.69. The molecule has 4 nitrogen and oxygen atoms in total. The molecule has 0 aromatic carbocycles. The highest BCUT2D eigenvalue weighted by Gasteiger charge is 2.42. The van der Waals surface area contributed by atoms with Crippen LogP contribution < -0.4 is 5.32 Å². The first-order valence-electron chi connectivity index (χ1n) is 8.74. The number of nitrogens with one attached hydrogen (secondary N) is 1. The lowest BCUT2D eigenvalue weighted by Crippen LogP contribution is -2.45. The molecule has 3 fully saturated rings. The van der Waals surface area contributed by atoms with Crippen LogP contribution in [0.1, 0.15) is 51.9 Å². The van der Waals surface area contributed by atoms with Gasteiger partial charge in [0.05, 0.1) is 6.61 Å². The summed E-state index contributed by atoms with van der Waals surface area (Å²) in [6, 6.07) is 0. The summed E-state index contributed by atoms with van der Waals surface area (Å²) in [5.74, 6) is 1.11. The maximum absolute atomic E-state index is 5.63. The summed E-state index contributed by atoms with van der Waals surface area (Å²) >= 11 is 0. The minimum Gasteiger partial charge on any atom is -0.381 e. The van der Waals surface area contributed by atoms with Crippen molar-refractivity contribution in [1.29, 1.82) is 0 Å². The van der Waals surface area contributed by atoms with Crippen molar-refractivity contribution in [3.05, 3.63) is 0 Å². The van der Waals surface area contributed by atoms with E-state index in [4.69, 9.17) is 4.74 Å². The summed E-state index contributed by atoms with van der Waals surface area (Å²) in [6.45, 7) is 7.57. The Bertz CT molecular complexity index is 381. The van der Waals surface area contributed by atoms with E-state index in [0.717, 1.165) is 38.8 Å². The number of hydrogen-bond donors (Lipinski definition) is 1. The molecule has 21 heavy (non-hydrogen) atoms. The van der Waals surface area contributed by atoms with Crippen LogP contribution >= 0.6 is 0 Å². The Labute approximate surface area is 129 Å². The summed E-state index contributed by atoms with van der Waals surface area (Å²) < 4.78 is 5.63. The van der Waals surface area contributed by atoms with Gasteiger partial charge in [-0.15, -0.1) is 0 Å². The van der Waals surface area contributed by atoms with Crippen LogP contribution in [0.25, 0.3) is 0 Å². The third-order valence-electron chi connectivity index (χ3n) is 6.17. The zero-order valence-corrected chi connectivity index (χ0v) is 13.8. The van der Waals surface area contributed by atoms with Crippen LogP contribution in [0.3, 0.4) is 0 Å². The molecule has 120 valence electrons. The topological polar surface area (TPSA) is 36.9 Å². The summed E-state index contributed by atoms with van der Waals surface area (Å²) in [4.78, 5) is 6.99. The van der Waals surface area contributed by atoms with Gasteiger partial charge in [0.2, 0.25) is 0 Å². The Morgan fingerprint density at radius 2 is 2.05 bits per heavy atom. The molecule has 3 rings (SSSR count). The molecule has 1 atom stereocenters. The van der Waals surface area contributed by atoms with Gasteiger partial charge in [0, 0.05) is 38.7 Å². The van der Waals surface area contributed by atoms with Gasteiger partial charge >= 0.3 is 0 Å². The van der Waals surface area contributed by atoms with E-state index in [9.17, 15) is 0 Å². The van der Waals surface area contributed by atoms with Crippen molar-refractivity contribution in [2.45, 2.75) is 51.9 Å². The first kappa shape index (κ1) is 15.1. The van der Waals surface area contributed by atoms with E-state index in [1.165, 1.54) is 44.9 Å². The van der Waals surface area contributed by atoms with Crippen molar-refractivity contribution >= 4 is 5.96 Å². The molecule has 1 spiro atoms. The van der Waals surface area contributed by atoms with Crippen LogP contribution in [0.4, 0.5) is 0 Å². The van der Waals surface area contributed by atoms with Gasteiger partial charge in [0.25, 0.3) is 0 Å². The van der Waals surface area contributed by atoms with Crippen molar-refractivity contribution in [3.63, 3.8) is 0 Å². The zero-order chi connectivity index (χ0) is 14.8. The van der Waals surface area contributed by atoms with Crippen molar-refractivity contribution < 1.29 is 4.74 Å². The van der Waals surface area contributed by atoms with Crippen molar-refractivity contribution in [2.75, 3.05) is 39.9 Å². The monoisotopic (exact) mass is 293 g/mol. The predicted molar refractivity (Wildman–Crippen MR) is 86.6 cm³/mol. The fourth-order valence-corrected chi connectivity index (χ4v) is 4.47. The van der Waals surface area contributed by atoms with Gasteiger partial charge in [-0.1, -0.05) is 19.8 Å². The Balaban J connectivity index is 1.56. The third kappa shape index (κ3) is 3.05. The Morgan fingerprint density at radius 1 is 1.24 bits per heavy atom. The number of likely N-dealkylation sites (tertiary alicyclic amines) is 1.